The Kier molecular flexibility index (Phi) is 3.99. The van der Waals surface area contributed by atoms with E-state index in [9.17, 15) is 14.0 Å². The SMILES string of the molecule is COc1cccc(F)c1C(=O)N1CCCNC(=O)C1. The molecule has 1 aromatic carbocycles. The van der Waals surface area contributed by atoms with Crippen molar-refractivity contribution in [2.75, 3.05) is 26.7 Å². The van der Waals surface area contributed by atoms with E-state index in [0.717, 1.165) is 0 Å². The summed E-state index contributed by atoms with van der Waals surface area (Å²) >= 11 is 0. The molecule has 0 saturated carbocycles. The van der Waals surface area contributed by atoms with Crippen molar-refractivity contribution < 1.29 is 18.7 Å². The molecule has 2 rings (SSSR count). The number of benzene rings is 1. The Hall–Kier alpha value is -2.11. The zero-order valence-electron chi connectivity index (χ0n) is 10.6. The first kappa shape index (κ1) is 13.3. The maximum Gasteiger partial charge on any atom is 0.261 e. The van der Waals surface area contributed by atoms with Crippen LogP contribution >= 0.6 is 0 Å². The number of ether oxygens (including phenoxy) is 1. The van der Waals surface area contributed by atoms with Gasteiger partial charge in [-0.05, 0) is 18.6 Å². The number of methoxy groups -OCH3 is 1. The molecule has 1 aromatic rings. The zero-order chi connectivity index (χ0) is 13.8. The third kappa shape index (κ3) is 2.83. The molecule has 1 saturated heterocycles. The summed E-state index contributed by atoms with van der Waals surface area (Å²) in [5.41, 5.74) is -0.125. The topological polar surface area (TPSA) is 58.6 Å². The number of carbonyl (C=O) groups excluding carboxylic acids is 2. The molecular weight excluding hydrogens is 251 g/mol. The van der Waals surface area contributed by atoms with Crippen molar-refractivity contribution in [2.45, 2.75) is 6.42 Å². The lowest BCUT2D eigenvalue weighted by molar-refractivity contribution is -0.121. The lowest BCUT2D eigenvalue weighted by Gasteiger charge is -2.20. The number of nitrogens with one attached hydrogen (secondary N) is 1. The van der Waals surface area contributed by atoms with E-state index in [-0.39, 0.29) is 23.8 Å². The monoisotopic (exact) mass is 266 g/mol. The second kappa shape index (κ2) is 5.69. The number of carbonyl (C=O) groups is 2. The molecule has 1 aliphatic heterocycles. The molecule has 2 amide bonds. The van der Waals surface area contributed by atoms with Crippen molar-refractivity contribution in [1.29, 1.82) is 0 Å². The molecule has 0 aliphatic carbocycles. The van der Waals surface area contributed by atoms with Crippen LogP contribution in [0.15, 0.2) is 18.2 Å². The quantitative estimate of drug-likeness (QED) is 0.861. The molecule has 0 spiro atoms. The molecule has 1 fully saturated rings. The molecule has 0 unspecified atom stereocenters. The number of halogens is 1. The summed E-state index contributed by atoms with van der Waals surface area (Å²) in [6.07, 6.45) is 0.647. The van der Waals surface area contributed by atoms with Crippen molar-refractivity contribution in [3.8, 4) is 5.75 Å². The van der Waals surface area contributed by atoms with Crippen molar-refractivity contribution in [2.24, 2.45) is 0 Å². The van der Waals surface area contributed by atoms with Gasteiger partial charge in [-0.3, -0.25) is 9.59 Å². The number of nitrogens with zero attached hydrogens (tertiary/aromatic N) is 1. The van der Waals surface area contributed by atoms with Gasteiger partial charge in [-0.15, -0.1) is 0 Å². The highest BCUT2D eigenvalue weighted by molar-refractivity contribution is 5.99. The van der Waals surface area contributed by atoms with Gasteiger partial charge in [-0.25, -0.2) is 4.39 Å². The van der Waals surface area contributed by atoms with Gasteiger partial charge in [-0.1, -0.05) is 6.07 Å². The van der Waals surface area contributed by atoms with Gasteiger partial charge < -0.3 is 15.0 Å². The minimum absolute atomic E-state index is 0.0592. The fourth-order valence-corrected chi connectivity index (χ4v) is 2.02. The normalized spacial score (nSPS) is 15.7. The Balaban J connectivity index is 2.30. The Morgan fingerprint density at radius 2 is 2.26 bits per heavy atom. The smallest absolute Gasteiger partial charge is 0.261 e. The lowest BCUT2D eigenvalue weighted by Crippen LogP contribution is -2.37. The van der Waals surface area contributed by atoms with Gasteiger partial charge in [-0.2, -0.15) is 0 Å². The standard InChI is InChI=1S/C13H15FN2O3/c1-19-10-5-2-4-9(14)12(10)13(18)16-7-3-6-15-11(17)8-16/h2,4-5H,3,6-8H2,1H3,(H,15,17). The van der Waals surface area contributed by atoms with Crippen LogP contribution in [0.1, 0.15) is 16.8 Å². The molecule has 0 aromatic heterocycles. The van der Waals surface area contributed by atoms with Crippen LogP contribution in [0.2, 0.25) is 0 Å². The van der Waals surface area contributed by atoms with E-state index in [1.165, 1.54) is 30.2 Å². The molecule has 102 valence electrons. The zero-order valence-corrected chi connectivity index (χ0v) is 10.6. The van der Waals surface area contributed by atoms with Crippen molar-refractivity contribution in [3.05, 3.63) is 29.6 Å². The predicted molar refractivity (Wildman–Crippen MR) is 66.5 cm³/mol. The van der Waals surface area contributed by atoms with Crippen LogP contribution < -0.4 is 10.1 Å². The van der Waals surface area contributed by atoms with Gasteiger partial charge in [0.2, 0.25) is 5.91 Å². The third-order valence-electron chi connectivity index (χ3n) is 2.96. The summed E-state index contributed by atoms with van der Waals surface area (Å²) < 4.78 is 18.8. The summed E-state index contributed by atoms with van der Waals surface area (Å²) in [5.74, 6) is -1.23. The van der Waals surface area contributed by atoms with Crippen molar-refractivity contribution in [3.63, 3.8) is 0 Å². The highest BCUT2D eigenvalue weighted by Crippen LogP contribution is 2.23. The summed E-state index contributed by atoms with van der Waals surface area (Å²) in [6.45, 7) is 0.877. The van der Waals surface area contributed by atoms with Crippen LogP contribution in [0.3, 0.4) is 0 Å². The van der Waals surface area contributed by atoms with Crippen LogP contribution in [0.5, 0.6) is 5.75 Å². The van der Waals surface area contributed by atoms with E-state index >= 15 is 0 Å². The molecule has 0 bridgehead atoms. The Labute approximate surface area is 110 Å². The van der Waals surface area contributed by atoms with Crippen molar-refractivity contribution in [1.82, 2.24) is 10.2 Å². The van der Waals surface area contributed by atoms with Gasteiger partial charge in [0.15, 0.2) is 0 Å². The Bertz CT molecular complexity index is 505. The van der Waals surface area contributed by atoms with Crippen LogP contribution in [0.4, 0.5) is 4.39 Å². The molecule has 6 heteroatoms. The summed E-state index contributed by atoms with van der Waals surface area (Å²) in [5, 5.41) is 2.67. The van der Waals surface area contributed by atoms with Crippen LogP contribution in [-0.2, 0) is 4.79 Å². The van der Waals surface area contributed by atoms with Gasteiger partial charge in [0.05, 0.1) is 13.7 Å². The van der Waals surface area contributed by atoms with Crippen LogP contribution in [0.25, 0.3) is 0 Å². The van der Waals surface area contributed by atoms with E-state index < -0.39 is 11.7 Å². The number of hydrogen-bond donors (Lipinski definition) is 1. The lowest BCUT2D eigenvalue weighted by atomic mass is 10.1. The van der Waals surface area contributed by atoms with E-state index in [2.05, 4.69) is 5.32 Å². The second-order valence-corrected chi connectivity index (χ2v) is 4.25. The Morgan fingerprint density at radius 1 is 1.47 bits per heavy atom. The maximum atomic E-state index is 13.8. The molecule has 0 radical (unpaired) electrons. The first-order chi connectivity index (χ1) is 9.13. The number of hydrogen-bond acceptors (Lipinski definition) is 3. The minimum Gasteiger partial charge on any atom is -0.496 e. The van der Waals surface area contributed by atoms with Gasteiger partial charge >= 0.3 is 0 Å². The second-order valence-electron chi connectivity index (χ2n) is 4.25. The van der Waals surface area contributed by atoms with E-state index in [1.54, 1.807) is 0 Å². The average molecular weight is 266 g/mol. The average Bonchev–Trinajstić information content (AvgIpc) is 2.62. The first-order valence-corrected chi connectivity index (χ1v) is 6.02. The molecule has 5 nitrogen and oxygen atoms in total. The van der Waals surface area contributed by atoms with Gasteiger partial charge in [0.1, 0.15) is 17.1 Å². The summed E-state index contributed by atoms with van der Waals surface area (Å²) in [7, 11) is 1.38. The van der Waals surface area contributed by atoms with Gasteiger partial charge in [0, 0.05) is 13.1 Å². The van der Waals surface area contributed by atoms with Gasteiger partial charge in [0.25, 0.3) is 5.91 Å². The number of amides is 2. The predicted octanol–water partition coefficient (Wildman–Crippen LogP) is 0.796. The Morgan fingerprint density at radius 3 is 3.00 bits per heavy atom. The summed E-state index contributed by atoms with van der Waals surface area (Å²) in [6, 6.07) is 4.20. The summed E-state index contributed by atoms with van der Waals surface area (Å²) in [4.78, 5) is 25.1. The maximum absolute atomic E-state index is 13.8. The van der Waals surface area contributed by atoms with Crippen LogP contribution in [-0.4, -0.2) is 43.5 Å². The highest BCUT2D eigenvalue weighted by atomic mass is 19.1. The van der Waals surface area contributed by atoms with Crippen LogP contribution in [0, 0.1) is 5.82 Å². The van der Waals surface area contributed by atoms with Crippen molar-refractivity contribution >= 4 is 11.8 Å². The molecule has 19 heavy (non-hydrogen) atoms. The van der Waals surface area contributed by atoms with E-state index in [4.69, 9.17) is 4.74 Å². The van der Waals surface area contributed by atoms with E-state index in [1.807, 2.05) is 0 Å². The highest BCUT2D eigenvalue weighted by Gasteiger charge is 2.26. The minimum atomic E-state index is -0.644. The molecule has 0 atom stereocenters. The first-order valence-electron chi connectivity index (χ1n) is 6.02. The van der Waals surface area contributed by atoms with E-state index in [0.29, 0.717) is 19.5 Å². The third-order valence-corrected chi connectivity index (χ3v) is 2.96. The molecular formula is C13H15FN2O3. The molecule has 1 N–H and O–H groups in total. The number of rotatable bonds is 2. The fourth-order valence-electron chi connectivity index (χ4n) is 2.02. The largest absolute Gasteiger partial charge is 0.496 e. The molecule has 1 heterocycles. The fraction of sp³-hybridized carbons (Fsp3) is 0.385. The molecule has 1 aliphatic rings.